The van der Waals surface area contributed by atoms with E-state index in [1.165, 1.54) is 18.1 Å². The van der Waals surface area contributed by atoms with Crippen LogP contribution in [-0.2, 0) is 22.7 Å². The molecule has 2 fully saturated rings. The van der Waals surface area contributed by atoms with Crippen molar-refractivity contribution in [2.24, 2.45) is 0 Å². The number of rotatable bonds is 7. The first kappa shape index (κ1) is 30.4. The number of fused-ring (bicyclic) bond motifs is 2. The van der Waals surface area contributed by atoms with E-state index in [0.717, 1.165) is 24.3 Å². The van der Waals surface area contributed by atoms with Crippen molar-refractivity contribution in [3.63, 3.8) is 0 Å². The molecule has 13 heteroatoms. The number of aromatic amines is 1. The molecule has 1 atom stereocenters. The van der Waals surface area contributed by atoms with E-state index in [9.17, 15) is 19.2 Å². The van der Waals surface area contributed by atoms with Gasteiger partial charge in [0.2, 0.25) is 11.8 Å². The first-order chi connectivity index (χ1) is 22.7. The molecule has 3 aliphatic heterocycles. The number of anilines is 1. The number of piperazine rings is 1. The molecule has 1 aromatic heterocycles. The number of carbonyl (C=O) groups excluding carboxylic acids is 3. The molecule has 0 aliphatic carbocycles. The van der Waals surface area contributed by atoms with Crippen molar-refractivity contribution < 1.29 is 28.2 Å². The van der Waals surface area contributed by atoms with Gasteiger partial charge < -0.3 is 24.3 Å². The maximum Gasteiger partial charge on any atom is 0.262 e. The van der Waals surface area contributed by atoms with E-state index >= 15 is 4.39 Å². The molecule has 47 heavy (non-hydrogen) atoms. The third-order valence-corrected chi connectivity index (χ3v) is 9.16. The third kappa shape index (κ3) is 5.67. The normalized spacial score (nSPS) is 18.4. The lowest BCUT2D eigenvalue weighted by atomic mass is 10.0. The Morgan fingerprint density at radius 2 is 1.72 bits per heavy atom. The van der Waals surface area contributed by atoms with Gasteiger partial charge in [-0.25, -0.2) is 9.37 Å². The van der Waals surface area contributed by atoms with Gasteiger partial charge in [0, 0.05) is 80.2 Å². The van der Waals surface area contributed by atoms with E-state index in [0.29, 0.717) is 64.6 Å². The summed E-state index contributed by atoms with van der Waals surface area (Å²) in [6.07, 6.45) is 0.429. The summed E-state index contributed by atoms with van der Waals surface area (Å²) in [4.78, 5) is 63.4. The summed E-state index contributed by atoms with van der Waals surface area (Å²) in [6, 6.07) is 13.4. The lowest BCUT2D eigenvalue weighted by Gasteiger charge is -2.36. The number of benzene rings is 3. The predicted molar refractivity (Wildman–Crippen MR) is 171 cm³/mol. The van der Waals surface area contributed by atoms with E-state index in [1.54, 1.807) is 25.3 Å². The van der Waals surface area contributed by atoms with Crippen LogP contribution in [0.1, 0.15) is 34.3 Å². The van der Waals surface area contributed by atoms with Crippen molar-refractivity contribution in [2.75, 3.05) is 45.3 Å². The zero-order chi connectivity index (χ0) is 32.8. The lowest BCUT2D eigenvalue weighted by Crippen LogP contribution is -2.52. The van der Waals surface area contributed by atoms with Crippen LogP contribution in [0.5, 0.6) is 11.5 Å². The summed E-state index contributed by atoms with van der Waals surface area (Å²) < 4.78 is 25.9. The van der Waals surface area contributed by atoms with Crippen molar-refractivity contribution in [3.05, 3.63) is 81.4 Å². The minimum absolute atomic E-state index is 0.144. The smallest absolute Gasteiger partial charge is 0.262 e. The fourth-order valence-electron chi connectivity index (χ4n) is 6.61. The van der Waals surface area contributed by atoms with E-state index in [-0.39, 0.29) is 42.6 Å². The van der Waals surface area contributed by atoms with Crippen LogP contribution in [0.2, 0.25) is 0 Å². The van der Waals surface area contributed by atoms with Crippen molar-refractivity contribution in [1.29, 1.82) is 0 Å². The monoisotopic (exact) mass is 640 g/mol. The van der Waals surface area contributed by atoms with Gasteiger partial charge in [-0.3, -0.25) is 29.4 Å². The Balaban J connectivity index is 1.00. The van der Waals surface area contributed by atoms with Crippen molar-refractivity contribution in [2.45, 2.75) is 32.0 Å². The highest BCUT2D eigenvalue weighted by atomic mass is 19.1. The number of halogens is 1. The number of nitrogens with zero attached hydrogens (tertiary/aromatic N) is 4. The number of ether oxygens (including phenoxy) is 2. The predicted octanol–water partition coefficient (Wildman–Crippen LogP) is 2.83. The number of methoxy groups -OCH3 is 2. The van der Waals surface area contributed by atoms with Gasteiger partial charge in [0.05, 0.1) is 19.7 Å². The fourth-order valence-corrected chi connectivity index (χ4v) is 6.61. The summed E-state index contributed by atoms with van der Waals surface area (Å²) in [5.74, 6) is -0.166. The van der Waals surface area contributed by atoms with Crippen molar-refractivity contribution >= 4 is 34.3 Å². The standard InChI is InChI=1S/C34H33FN6O6/c1-46-23-15-26-30(28(16-23)47-2)33(44)38-31(36-26)19-3-5-22(6-4-19)40-11-9-39(10-12-40)17-21-13-24-20(14-25(21)35)18-41(34(24)45)27-7-8-29(42)37-32(27)43/h3-6,13-16,27H,7-12,17-18H2,1-2H3,(H,36,38,44)(H,37,42,43). The largest absolute Gasteiger partial charge is 0.497 e. The molecule has 0 spiro atoms. The molecule has 2 N–H and O–H groups in total. The Bertz CT molecular complexity index is 1970. The van der Waals surface area contributed by atoms with Gasteiger partial charge in [-0.05, 0) is 48.4 Å². The van der Waals surface area contributed by atoms with E-state index < -0.39 is 11.9 Å². The van der Waals surface area contributed by atoms with E-state index in [1.807, 2.05) is 24.3 Å². The number of piperidine rings is 1. The summed E-state index contributed by atoms with van der Waals surface area (Å²) in [6.45, 7) is 3.33. The lowest BCUT2D eigenvalue weighted by molar-refractivity contribution is -0.136. The van der Waals surface area contributed by atoms with Crippen LogP contribution in [-0.4, -0.2) is 83.9 Å². The minimum Gasteiger partial charge on any atom is -0.497 e. The maximum absolute atomic E-state index is 15.2. The first-order valence-electron chi connectivity index (χ1n) is 15.4. The molecular weight excluding hydrogens is 607 g/mol. The minimum atomic E-state index is -0.736. The Morgan fingerprint density at radius 3 is 2.43 bits per heavy atom. The number of carbonyl (C=O) groups is 3. The number of imide groups is 1. The van der Waals surface area contributed by atoms with Crippen LogP contribution in [0.25, 0.3) is 22.3 Å². The van der Waals surface area contributed by atoms with Crippen LogP contribution in [0, 0.1) is 5.82 Å². The Hall–Kier alpha value is -5.30. The SMILES string of the molecule is COc1cc(OC)c2c(=O)[nH]c(-c3ccc(N4CCN(Cc5cc6c(cc5F)CN(C5CCC(=O)NC5=O)C6=O)CC4)cc3)nc2c1. The highest BCUT2D eigenvalue weighted by molar-refractivity contribution is 6.05. The van der Waals surface area contributed by atoms with E-state index in [4.69, 9.17) is 9.47 Å². The van der Waals surface area contributed by atoms with E-state index in [2.05, 4.69) is 25.1 Å². The number of aromatic nitrogens is 2. The molecule has 2 saturated heterocycles. The molecule has 3 amide bonds. The summed E-state index contributed by atoms with van der Waals surface area (Å²) >= 11 is 0. The molecule has 242 valence electrons. The Labute approximate surface area is 269 Å². The van der Waals surface area contributed by atoms with Crippen LogP contribution < -0.4 is 25.2 Å². The topological polar surface area (TPSA) is 137 Å². The fraction of sp³-hybridized carbons (Fsp3) is 0.324. The molecule has 0 saturated carbocycles. The second kappa shape index (κ2) is 12.1. The second-order valence-electron chi connectivity index (χ2n) is 11.9. The summed E-state index contributed by atoms with van der Waals surface area (Å²) in [7, 11) is 3.04. The molecule has 3 aromatic carbocycles. The van der Waals surface area contributed by atoms with Gasteiger partial charge in [-0.2, -0.15) is 0 Å². The summed E-state index contributed by atoms with van der Waals surface area (Å²) in [5, 5.41) is 2.64. The van der Waals surface area contributed by atoms with Gasteiger partial charge in [0.15, 0.2) is 0 Å². The highest BCUT2D eigenvalue weighted by Crippen LogP contribution is 2.31. The Morgan fingerprint density at radius 1 is 0.957 bits per heavy atom. The van der Waals surface area contributed by atoms with Crippen LogP contribution in [0.3, 0.4) is 0 Å². The van der Waals surface area contributed by atoms with Gasteiger partial charge in [0.1, 0.15) is 34.6 Å². The molecule has 12 nitrogen and oxygen atoms in total. The first-order valence-corrected chi connectivity index (χ1v) is 15.4. The van der Waals surface area contributed by atoms with Crippen molar-refractivity contribution in [1.82, 2.24) is 25.1 Å². The van der Waals surface area contributed by atoms with Gasteiger partial charge in [-0.15, -0.1) is 0 Å². The van der Waals surface area contributed by atoms with Crippen LogP contribution in [0.4, 0.5) is 10.1 Å². The number of hydrogen-bond acceptors (Lipinski definition) is 9. The number of amides is 3. The zero-order valence-electron chi connectivity index (χ0n) is 26.0. The number of nitrogens with one attached hydrogen (secondary N) is 2. The Kier molecular flexibility index (Phi) is 7.84. The third-order valence-electron chi connectivity index (χ3n) is 9.16. The van der Waals surface area contributed by atoms with Crippen molar-refractivity contribution in [3.8, 4) is 22.9 Å². The quantitative estimate of drug-likeness (QED) is 0.292. The zero-order valence-corrected chi connectivity index (χ0v) is 26.0. The molecule has 4 aromatic rings. The molecule has 7 rings (SSSR count). The van der Waals surface area contributed by atoms with Gasteiger partial charge in [-0.1, -0.05) is 0 Å². The van der Waals surface area contributed by atoms with Crippen LogP contribution in [0.15, 0.2) is 53.3 Å². The summed E-state index contributed by atoms with van der Waals surface area (Å²) in [5.41, 5.74) is 3.33. The maximum atomic E-state index is 15.2. The average molecular weight is 641 g/mol. The molecule has 1 unspecified atom stereocenters. The highest BCUT2D eigenvalue weighted by Gasteiger charge is 2.39. The molecule has 3 aliphatic rings. The molecule has 4 heterocycles. The number of hydrogen-bond donors (Lipinski definition) is 2. The van der Waals surface area contributed by atoms with Gasteiger partial charge in [0.25, 0.3) is 11.5 Å². The second-order valence-corrected chi connectivity index (χ2v) is 11.9. The number of H-pyrrole nitrogens is 1. The molecule has 0 bridgehead atoms. The van der Waals surface area contributed by atoms with Crippen LogP contribution >= 0.6 is 0 Å². The average Bonchev–Trinajstić information content (AvgIpc) is 3.38. The van der Waals surface area contributed by atoms with Gasteiger partial charge >= 0.3 is 0 Å². The molecule has 0 radical (unpaired) electrons. The molecular formula is C34H33FN6O6.